The van der Waals surface area contributed by atoms with Gasteiger partial charge in [-0.2, -0.15) is 10.1 Å². The third kappa shape index (κ3) is 3.45. The van der Waals surface area contributed by atoms with Crippen LogP contribution in [0.5, 0.6) is 5.88 Å². The Morgan fingerprint density at radius 1 is 1.18 bits per heavy atom. The molecule has 0 bridgehead atoms. The maximum absolute atomic E-state index is 12.6. The molecule has 3 aromatic rings. The van der Waals surface area contributed by atoms with E-state index < -0.39 is 6.10 Å². The smallest absolute Gasteiger partial charge is 0.263 e. The van der Waals surface area contributed by atoms with Gasteiger partial charge in [0.2, 0.25) is 5.88 Å². The van der Waals surface area contributed by atoms with E-state index in [1.807, 2.05) is 54.9 Å². The summed E-state index contributed by atoms with van der Waals surface area (Å²) in [5.74, 6) is 0.381. The number of carbonyl (C=O) groups is 1. The third-order valence-electron chi connectivity index (χ3n) is 4.96. The highest BCUT2D eigenvalue weighted by Gasteiger charge is 2.25. The largest absolute Gasteiger partial charge is 0.464 e. The van der Waals surface area contributed by atoms with Gasteiger partial charge in [-0.3, -0.25) is 4.79 Å². The molecule has 0 unspecified atom stereocenters. The zero-order valence-corrected chi connectivity index (χ0v) is 16.4. The van der Waals surface area contributed by atoms with Crippen LogP contribution in [0, 0.1) is 13.8 Å². The maximum Gasteiger partial charge on any atom is 0.263 e. The van der Waals surface area contributed by atoms with Crippen molar-refractivity contribution in [3.8, 4) is 11.6 Å². The summed E-state index contributed by atoms with van der Waals surface area (Å²) in [7, 11) is 0. The fourth-order valence-corrected chi connectivity index (χ4v) is 3.56. The van der Waals surface area contributed by atoms with Gasteiger partial charge in [0.1, 0.15) is 0 Å². The second kappa shape index (κ2) is 7.59. The molecule has 28 heavy (non-hydrogen) atoms. The topological polar surface area (TPSA) is 69.5 Å². The number of hydrogen-bond donors (Lipinski definition) is 0. The highest BCUT2D eigenvalue weighted by molar-refractivity contribution is 5.84. The molecule has 1 fully saturated rings. The van der Waals surface area contributed by atoms with E-state index in [2.05, 4.69) is 10.1 Å². The number of nitrogens with zero attached hydrogens (tertiary/aromatic N) is 4. The van der Waals surface area contributed by atoms with Crippen molar-refractivity contribution in [1.29, 1.82) is 0 Å². The van der Waals surface area contributed by atoms with Crippen LogP contribution in [0.15, 0.2) is 36.4 Å². The monoisotopic (exact) mass is 380 g/mol. The van der Waals surface area contributed by atoms with Gasteiger partial charge in [-0.1, -0.05) is 18.2 Å². The Balaban J connectivity index is 1.65. The van der Waals surface area contributed by atoms with Crippen LogP contribution in [0.4, 0.5) is 0 Å². The predicted molar refractivity (Wildman–Crippen MR) is 106 cm³/mol. The molecular formula is C21H24N4O3. The Morgan fingerprint density at radius 2 is 1.89 bits per heavy atom. The molecule has 0 spiro atoms. The van der Waals surface area contributed by atoms with Crippen molar-refractivity contribution in [2.24, 2.45) is 0 Å². The van der Waals surface area contributed by atoms with Crippen molar-refractivity contribution in [2.75, 3.05) is 26.3 Å². The molecule has 2 aromatic heterocycles. The van der Waals surface area contributed by atoms with Crippen molar-refractivity contribution < 1.29 is 14.3 Å². The summed E-state index contributed by atoms with van der Waals surface area (Å²) in [5.41, 5.74) is 3.59. The fraction of sp³-hybridized carbons (Fsp3) is 0.381. The summed E-state index contributed by atoms with van der Waals surface area (Å²) in [6.07, 6.45) is -0.614. The highest BCUT2D eigenvalue weighted by Crippen LogP contribution is 2.27. The quantitative estimate of drug-likeness (QED) is 0.696. The molecule has 0 radical (unpaired) electrons. The number of para-hydroxylation sites is 1. The van der Waals surface area contributed by atoms with Gasteiger partial charge in [-0.05, 0) is 38.5 Å². The molecule has 1 aliphatic heterocycles. The lowest BCUT2D eigenvalue weighted by molar-refractivity contribution is -0.142. The lowest BCUT2D eigenvalue weighted by atomic mass is 10.1. The molecule has 1 amide bonds. The zero-order chi connectivity index (χ0) is 19.7. The number of pyridine rings is 1. The van der Waals surface area contributed by atoms with E-state index in [-0.39, 0.29) is 5.91 Å². The van der Waals surface area contributed by atoms with Crippen molar-refractivity contribution in [3.63, 3.8) is 0 Å². The van der Waals surface area contributed by atoms with Crippen LogP contribution in [0.25, 0.3) is 16.7 Å². The van der Waals surface area contributed by atoms with Crippen LogP contribution in [0.1, 0.15) is 18.2 Å². The second-order valence-corrected chi connectivity index (χ2v) is 7.01. The van der Waals surface area contributed by atoms with Crippen LogP contribution in [-0.4, -0.2) is 58.0 Å². The molecule has 1 aromatic carbocycles. The van der Waals surface area contributed by atoms with E-state index in [9.17, 15) is 4.79 Å². The van der Waals surface area contributed by atoms with Gasteiger partial charge >= 0.3 is 0 Å². The van der Waals surface area contributed by atoms with Gasteiger partial charge in [0, 0.05) is 24.5 Å². The lowest BCUT2D eigenvalue weighted by Gasteiger charge is -2.29. The van der Waals surface area contributed by atoms with Crippen molar-refractivity contribution in [2.45, 2.75) is 26.9 Å². The van der Waals surface area contributed by atoms with Gasteiger partial charge in [0.05, 0.1) is 24.6 Å². The van der Waals surface area contributed by atoms with Crippen LogP contribution in [0.2, 0.25) is 0 Å². The Hall–Kier alpha value is -2.93. The van der Waals surface area contributed by atoms with E-state index in [1.165, 1.54) is 0 Å². The molecule has 7 nitrogen and oxygen atoms in total. The van der Waals surface area contributed by atoms with Crippen LogP contribution in [-0.2, 0) is 9.53 Å². The first-order valence-electron chi connectivity index (χ1n) is 9.50. The zero-order valence-electron chi connectivity index (χ0n) is 16.4. The number of ether oxygens (including phenoxy) is 2. The van der Waals surface area contributed by atoms with E-state index in [1.54, 1.807) is 11.8 Å². The summed E-state index contributed by atoms with van der Waals surface area (Å²) in [5, 5.41) is 5.66. The minimum atomic E-state index is -0.614. The number of benzene rings is 1. The third-order valence-corrected chi connectivity index (χ3v) is 4.96. The number of carbonyl (C=O) groups excluding carboxylic acids is 1. The fourth-order valence-electron chi connectivity index (χ4n) is 3.56. The Labute approximate surface area is 163 Å². The molecule has 4 rings (SSSR count). The summed E-state index contributed by atoms with van der Waals surface area (Å²) in [4.78, 5) is 19.1. The van der Waals surface area contributed by atoms with Crippen LogP contribution < -0.4 is 4.74 Å². The predicted octanol–water partition coefficient (Wildman–Crippen LogP) is 2.66. The van der Waals surface area contributed by atoms with Crippen molar-refractivity contribution >= 4 is 16.9 Å². The molecule has 7 heteroatoms. The number of hydrogen-bond acceptors (Lipinski definition) is 5. The molecule has 0 N–H and O–H groups in total. The average Bonchev–Trinajstić information content (AvgIpc) is 3.05. The van der Waals surface area contributed by atoms with Crippen molar-refractivity contribution in [3.05, 3.63) is 47.7 Å². The first kappa shape index (κ1) is 18.4. The number of aryl methyl sites for hydroxylation is 2. The van der Waals surface area contributed by atoms with Gasteiger partial charge in [0.25, 0.3) is 5.91 Å². The maximum atomic E-state index is 12.6. The standard InChI is InChI=1S/C21H24N4O3/c1-14-13-18(28-16(3)21(26)24-9-11-27-12-10-24)22-20-19(14)15(2)23-25(20)17-7-5-4-6-8-17/h4-8,13,16H,9-12H2,1-3H3/t16-/m0/s1. The van der Waals surface area contributed by atoms with Gasteiger partial charge in [-0.15, -0.1) is 0 Å². The van der Waals surface area contributed by atoms with E-state index in [0.717, 1.165) is 28.0 Å². The van der Waals surface area contributed by atoms with Crippen LogP contribution >= 0.6 is 0 Å². The van der Waals surface area contributed by atoms with Crippen LogP contribution in [0.3, 0.4) is 0 Å². The second-order valence-electron chi connectivity index (χ2n) is 7.01. The first-order valence-corrected chi connectivity index (χ1v) is 9.50. The number of rotatable bonds is 4. The molecule has 146 valence electrons. The van der Waals surface area contributed by atoms with Crippen molar-refractivity contribution in [1.82, 2.24) is 19.7 Å². The van der Waals surface area contributed by atoms with Gasteiger partial charge < -0.3 is 14.4 Å². The summed E-state index contributed by atoms with van der Waals surface area (Å²) < 4.78 is 13.1. The van der Waals surface area contributed by atoms with E-state index >= 15 is 0 Å². The Morgan fingerprint density at radius 3 is 2.61 bits per heavy atom. The average molecular weight is 380 g/mol. The Kier molecular flexibility index (Phi) is 5.00. The lowest BCUT2D eigenvalue weighted by Crippen LogP contribution is -2.46. The summed E-state index contributed by atoms with van der Waals surface area (Å²) >= 11 is 0. The molecule has 1 aliphatic rings. The first-order chi connectivity index (χ1) is 13.5. The summed E-state index contributed by atoms with van der Waals surface area (Å²) in [6, 6.07) is 11.7. The molecular weight excluding hydrogens is 356 g/mol. The summed E-state index contributed by atoms with van der Waals surface area (Å²) in [6.45, 7) is 8.07. The molecule has 0 aliphatic carbocycles. The number of morpholine rings is 1. The molecule has 0 saturated carbocycles. The highest BCUT2D eigenvalue weighted by atomic mass is 16.5. The normalized spacial score (nSPS) is 15.6. The molecule has 1 saturated heterocycles. The number of fused-ring (bicyclic) bond motifs is 1. The molecule has 1 atom stereocenters. The number of aromatic nitrogens is 3. The van der Waals surface area contributed by atoms with Gasteiger partial charge in [-0.25, -0.2) is 4.68 Å². The SMILES string of the molecule is Cc1cc(O[C@@H](C)C(=O)N2CCOCC2)nc2c1c(C)nn2-c1ccccc1. The van der Waals surface area contributed by atoms with E-state index in [4.69, 9.17) is 9.47 Å². The Bertz CT molecular complexity index is 994. The van der Waals surface area contributed by atoms with E-state index in [0.29, 0.717) is 32.2 Å². The van der Waals surface area contributed by atoms with Gasteiger partial charge in [0.15, 0.2) is 11.8 Å². The number of amides is 1. The minimum Gasteiger partial charge on any atom is -0.464 e. The minimum absolute atomic E-state index is 0.0457. The molecule has 3 heterocycles.